The van der Waals surface area contributed by atoms with E-state index in [1.165, 1.54) is 27.9 Å². The predicted octanol–water partition coefficient (Wildman–Crippen LogP) is 1.61. The second-order valence-electron chi connectivity index (χ2n) is 8.71. The molecule has 1 saturated carbocycles. The van der Waals surface area contributed by atoms with Gasteiger partial charge < -0.3 is 4.90 Å². The van der Waals surface area contributed by atoms with E-state index in [0.717, 1.165) is 12.8 Å². The third kappa shape index (κ3) is 3.32. The van der Waals surface area contributed by atoms with Gasteiger partial charge in [-0.05, 0) is 44.9 Å². The van der Waals surface area contributed by atoms with Crippen molar-refractivity contribution < 1.29 is 17.6 Å². The quantitative estimate of drug-likeness (QED) is 0.752. The van der Waals surface area contributed by atoms with Gasteiger partial charge in [0.1, 0.15) is 0 Å². The summed E-state index contributed by atoms with van der Waals surface area (Å²) in [5.41, 5.74) is 0.689. The Morgan fingerprint density at radius 3 is 2.71 bits per heavy atom. The Morgan fingerprint density at radius 2 is 2.06 bits per heavy atom. The number of carbonyl (C=O) groups excluding carboxylic acids is 1. The lowest BCUT2D eigenvalue weighted by molar-refractivity contribution is 0.0832. The van der Waals surface area contributed by atoms with Crippen LogP contribution in [-0.4, -0.2) is 53.1 Å². The number of guanidine groups is 1. The summed E-state index contributed by atoms with van der Waals surface area (Å²) in [6, 6.07) is 4.55. The molecule has 5 rings (SSSR count). The van der Waals surface area contributed by atoms with Gasteiger partial charge in [-0.1, -0.05) is 0 Å². The van der Waals surface area contributed by atoms with Crippen molar-refractivity contribution in [2.75, 3.05) is 11.4 Å². The van der Waals surface area contributed by atoms with Gasteiger partial charge in [0.25, 0.3) is 5.91 Å². The number of fused-ring (bicyclic) bond motifs is 3. The van der Waals surface area contributed by atoms with Crippen LogP contribution in [0.4, 0.5) is 10.1 Å². The fourth-order valence-corrected chi connectivity index (χ4v) is 5.52. The van der Waals surface area contributed by atoms with Crippen molar-refractivity contribution in [1.82, 2.24) is 19.4 Å². The fourth-order valence-electron chi connectivity index (χ4n) is 4.03. The van der Waals surface area contributed by atoms with E-state index in [4.69, 9.17) is 0 Å². The summed E-state index contributed by atoms with van der Waals surface area (Å²) >= 11 is 0. The predicted molar refractivity (Wildman–Crippen MR) is 112 cm³/mol. The molecule has 2 aliphatic heterocycles. The lowest BCUT2D eigenvalue weighted by atomic mass is 10.1. The topological polar surface area (TPSA) is 99.9 Å². The first kappa shape index (κ1) is 20.1. The summed E-state index contributed by atoms with van der Waals surface area (Å²) in [6.45, 7) is 4.26. The molecule has 1 atom stereocenters. The first-order chi connectivity index (χ1) is 14.6. The highest BCUT2D eigenvalue weighted by molar-refractivity contribution is 7.89. The van der Waals surface area contributed by atoms with Crippen LogP contribution in [0, 0.1) is 5.95 Å². The Morgan fingerprint density at radius 1 is 1.32 bits per heavy atom. The monoisotopic (exact) mass is 446 g/mol. The number of aliphatic imine (C=N–C) groups is 1. The van der Waals surface area contributed by atoms with Crippen LogP contribution in [0.5, 0.6) is 0 Å². The number of rotatable bonds is 5. The van der Waals surface area contributed by atoms with Crippen molar-refractivity contribution >= 4 is 27.6 Å². The molecule has 0 saturated heterocycles. The number of benzene rings is 1. The van der Waals surface area contributed by atoms with Gasteiger partial charge in [-0.3, -0.25) is 19.4 Å². The molecular weight excluding hydrogens is 423 g/mol. The van der Waals surface area contributed by atoms with Crippen molar-refractivity contribution in [3.63, 3.8) is 0 Å². The van der Waals surface area contributed by atoms with E-state index in [-0.39, 0.29) is 28.6 Å². The van der Waals surface area contributed by atoms with Gasteiger partial charge in [0, 0.05) is 24.3 Å². The summed E-state index contributed by atoms with van der Waals surface area (Å²) in [5, 5.41) is 3.70. The molecule has 0 radical (unpaired) electrons. The maximum absolute atomic E-state index is 14.2. The molecule has 0 unspecified atom stereocenters. The molecule has 0 spiro atoms. The van der Waals surface area contributed by atoms with Crippen LogP contribution < -0.4 is 9.62 Å². The molecule has 1 aromatic carbocycles. The molecule has 9 nitrogen and oxygen atoms in total. The molecule has 164 valence electrons. The summed E-state index contributed by atoms with van der Waals surface area (Å²) in [4.78, 5) is 21.2. The maximum atomic E-state index is 14.2. The zero-order chi connectivity index (χ0) is 22.1. The summed E-state index contributed by atoms with van der Waals surface area (Å²) in [6.07, 6.45) is 3.08. The molecule has 2 aromatic rings. The van der Waals surface area contributed by atoms with E-state index in [1.54, 1.807) is 13.1 Å². The lowest BCUT2D eigenvalue weighted by Gasteiger charge is -2.37. The second kappa shape index (κ2) is 6.60. The zero-order valence-corrected chi connectivity index (χ0v) is 18.3. The number of amides is 1. The minimum absolute atomic E-state index is 0.0194. The first-order valence-electron chi connectivity index (χ1n) is 10.1. The van der Waals surface area contributed by atoms with Gasteiger partial charge in [0.2, 0.25) is 21.9 Å². The van der Waals surface area contributed by atoms with Crippen molar-refractivity contribution in [2.45, 2.75) is 49.7 Å². The third-order valence-corrected chi connectivity index (χ3v) is 7.61. The van der Waals surface area contributed by atoms with E-state index in [1.807, 2.05) is 18.7 Å². The average Bonchev–Trinajstić information content (AvgIpc) is 3.14. The highest BCUT2D eigenvalue weighted by Crippen LogP contribution is 2.38. The van der Waals surface area contributed by atoms with Crippen LogP contribution in [0.3, 0.4) is 0 Å². The van der Waals surface area contributed by atoms with E-state index >= 15 is 0 Å². The van der Waals surface area contributed by atoms with Crippen LogP contribution in [0.1, 0.15) is 42.6 Å². The first-order valence-corrected chi connectivity index (χ1v) is 11.6. The van der Waals surface area contributed by atoms with Gasteiger partial charge >= 0.3 is 0 Å². The molecule has 1 aliphatic carbocycles. The molecule has 1 amide bonds. The number of hydrogen-bond donors (Lipinski definition) is 1. The van der Waals surface area contributed by atoms with E-state index < -0.39 is 27.4 Å². The van der Waals surface area contributed by atoms with Crippen LogP contribution in [0.25, 0.3) is 0 Å². The number of nitrogens with zero attached hydrogens (tertiary/aromatic N) is 5. The van der Waals surface area contributed by atoms with Crippen LogP contribution in [-0.2, 0) is 23.6 Å². The molecule has 3 aliphatic rings. The molecule has 0 bridgehead atoms. The Labute approximate surface area is 179 Å². The second-order valence-corrected chi connectivity index (χ2v) is 10.4. The Kier molecular flexibility index (Phi) is 4.29. The van der Waals surface area contributed by atoms with Crippen LogP contribution >= 0.6 is 0 Å². The van der Waals surface area contributed by atoms with Gasteiger partial charge in [-0.15, -0.1) is 5.10 Å². The number of hydrogen-bond acceptors (Lipinski definition) is 6. The smallest absolute Gasteiger partial charge is 0.263 e. The molecule has 1 N–H and O–H groups in total. The number of aryl methyl sites for hydroxylation is 1. The van der Waals surface area contributed by atoms with Gasteiger partial charge in [-0.25, -0.2) is 13.1 Å². The summed E-state index contributed by atoms with van der Waals surface area (Å²) in [5.74, 6) is -0.637. The number of nitrogens with one attached hydrogen (secondary N) is 1. The maximum Gasteiger partial charge on any atom is 0.263 e. The molecule has 3 heterocycles. The minimum Gasteiger partial charge on any atom is -0.307 e. The summed E-state index contributed by atoms with van der Waals surface area (Å²) < 4.78 is 44.0. The van der Waals surface area contributed by atoms with Crippen molar-refractivity contribution in [3.8, 4) is 0 Å². The van der Waals surface area contributed by atoms with Crippen LogP contribution in [0.2, 0.25) is 0 Å². The molecule has 1 aromatic heterocycles. The molecular formula is C20H23FN6O3S. The number of anilines is 1. The van der Waals surface area contributed by atoms with Crippen molar-refractivity contribution in [3.05, 3.63) is 41.5 Å². The summed E-state index contributed by atoms with van der Waals surface area (Å²) in [7, 11) is -2.17. The Balaban J connectivity index is 1.56. The molecule has 11 heteroatoms. The third-order valence-electron chi connectivity index (χ3n) is 5.97. The number of carbonyl (C=O) groups is 1. The highest BCUT2D eigenvalue weighted by Gasteiger charge is 2.43. The molecule has 1 fully saturated rings. The largest absolute Gasteiger partial charge is 0.307 e. The molecule has 31 heavy (non-hydrogen) atoms. The number of aromatic nitrogens is 2. The van der Waals surface area contributed by atoms with E-state index in [0.29, 0.717) is 18.2 Å². The van der Waals surface area contributed by atoms with Gasteiger partial charge in [0.05, 0.1) is 35.3 Å². The van der Waals surface area contributed by atoms with E-state index in [9.17, 15) is 17.6 Å². The zero-order valence-electron chi connectivity index (χ0n) is 17.5. The SMILES string of the molecule is C[C@@H]1CN=C2N(Cc3cn(C)nc3F)C(=O)c3cc(S(=O)(=O)NC4(C)CC4)ccc3N21. The normalized spacial score (nSPS) is 21.7. The Hall–Kier alpha value is -2.79. The standard InChI is InChI=1S/C20H23FN6O3S/c1-12-9-22-19-26(11-13-10-25(3)23-17(13)21)18(28)15-8-14(4-5-16(15)27(12)19)31(29,30)24-20(2)6-7-20/h4-5,8,10,12,24H,6-7,9,11H2,1-3H3/t12-/m1/s1. The highest BCUT2D eigenvalue weighted by atomic mass is 32.2. The van der Waals surface area contributed by atoms with Gasteiger partial charge in [-0.2, -0.15) is 4.39 Å². The van der Waals surface area contributed by atoms with Crippen LogP contribution in [0.15, 0.2) is 34.3 Å². The van der Waals surface area contributed by atoms with Crippen molar-refractivity contribution in [2.24, 2.45) is 12.0 Å². The minimum atomic E-state index is -3.77. The number of halogens is 1. The van der Waals surface area contributed by atoms with E-state index in [2.05, 4.69) is 14.8 Å². The Bertz CT molecular complexity index is 1230. The van der Waals surface area contributed by atoms with Crippen molar-refractivity contribution in [1.29, 1.82) is 0 Å². The van der Waals surface area contributed by atoms with Gasteiger partial charge in [0.15, 0.2) is 0 Å². The fraction of sp³-hybridized carbons (Fsp3) is 0.450. The average molecular weight is 447 g/mol. The lowest BCUT2D eigenvalue weighted by Crippen LogP contribution is -2.52. The number of sulfonamides is 1.